The minimum Gasteiger partial charge on any atom is -0.487 e. The van der Waals surface area contributed by atoms with Gasteiger partial charge in [0.15, 0.2) is 0 Å². The second kappa shape index (κ2) is 9.18. The molecule has 1 fully saturated rings. The van der Waals surface area contributed by atoms with E-state index in [-0.39, 0.29) is 17.4 Å². The maximum Gasteiger partial charge on any atom is 0.145 e. The zero-order chi connectivity index (χ0) is 23.7. The van der Waals surface area contributed by atoms with E-state index < -0.39 is 11.6 Å². The molecular weight excluding hydrogens is 438 g/mol. The first-order valence-corrected chi connectivity index (χ1v) is 11.0. The van der Waals surface area contributed by atoms with Crippen LogP contribution in [0, 0.1) is 11.6 Å². The molecule has 0 spiro atoms. The second-order valence-corrected chi connectivity index (χ2v) is 8.28. The average molecular weight is 463 g/mol. The van der Waals surface area contributed by atoms with Crippen LogP contribution >= 0.6 is 0 Å². The number of hydrogen-bond donors (Lipinski definition) is 2. The molecule has 9 heteroatoms. The number of benzene rings is 2. The summed E-state index contributed by atoms with van der Waals surface area (Å²) in [7, 11) is 3.92. The molecule has 5 rings (SSSR count). The molecule has 7 nitrogen and oxygen atoms in total. The van der Waals surface area contributed by atoms with Crippen molar-refractivity contribution in [3.05, 3.63) is 66.6 Å². The number of aromatic nitrogens is 3. The average Bonchev–Trinajstić information content (AvgIpc) is 3.23. The summed E-state index contributed by atoms with van der Waals surface area (Å²) in [6.45, 7) is 1.89. The normalized spacial score (nSPS) is 16.1. The van der Waals surface area contributed by atoms with E-state index in [0.717, 1.165) is 36.3 Å². The molecule has 3 heterocycles. The number of nitrogens with zero attached hydrogens (tertiary/aromatic N) is 4. The number of fused-ring (bicyclic) bond motifs is 1. The highest BCUT2D eigenvalue weighted by Gasteiger charge is 2.22. The third-order valence-corrected chi connectivity index (χ3v) is 5.89. The first-order valence-electron chi connectivity index (χ1n) is 11.0. The zero-order valence-electron chi connectivity index (χ0n) is 18.8. The minimum atomic E-state index is -0.670. The van der Waals surface area contributed by atoms with Gasteiger partial charge >= 0.3 is 0 Å². The van der Waals surface area contributed by atoms with Crippen LogP contribution in [0.3, 0.4) is 0 Å². The topological polar surface area (TPSA) is 75.2 Å². The molecule has 2 aromatic carbocycles. The fourth-order valence-electron chi connectivity index (χ4n) is 4.17. The highest BCUT2D eigenvalue weighted by molar-refractivity contribution is 5.95. The summed E-state index contributed by atoms with van der Waals surface area (Å²) in [4.78, 5) is 15.2. The standard InChI is InChI=1S/C25H24F2N6O/c1-28-21-11-17-20(12-23(21)34-16-7-9-33(2)13-16)30-14-31-25(17)32-15-6-8-29-22(10-15)24-18(26)4-3-5-19(24)27/h3-6,8,10-12,14,16,28H,7,9,13H2,1-2H3,(H,29,30,31,32). The van der Waals surface area contributed by atoms with Crippen molar-refractivity contribution in [3.63, 3.8) is 0 Å². The van der Waals surface area contributed by atoms with Crippen molar-refractivity contribution in [3.8, 4) is 17.0 Å². The Bertz CT molecular complexity index is 1330. The number of nitrogens with one attached hydrogen (secondary N) is 2. The van der Waals surface area contributed by atoms with Crippen LogP contribution in [0.4, 0.5) is 26.0 Å². The fraction of sp³-hybridized carbons (Fsp3) is 0.240. The number of likely N-dealkylation sites (N-methyl/N-ethyl adjacent to an activating group) is 1. The van der Waals surface area contributed by atoms with Gasteiger partial charge in [0.25, 0.3) is 0 Å². The quantitative estimate of drug-likeness (QED) is 0.425. The molecule has 0 amide bonds. The van der Waals surface area contributed by atoms with Gasteiger partial charge in [-0.3, -0.25) is 4.98 Å². The Kier molecular flexibility index (Phi) is 5.93. The van der Waals surface area contributed by atoms with E-state index in [9.17, 15) is 8.78 Å². The Hall–Kier alpha value is -3.85. The summed E-state index contributed by atoms with van der Waals surface area (Å²) in [6, 6.07) is 10.9. The van der Waals surface area contributed by atoms with Gasteiger partial charge < -0.3 is 20.3 Å². The minimum absolute atomic E-state index is 0.128. The van der Waals surface area contributed by atoms with Gasteiger partial charge in [0.1, 0.15) is 35.6 Å². The summed E-state index contributed by atoms with van der Waals surface area (Å²) in [5, 5.41) is 7.20. The molecule has 0 saturated carbocycles. The summed E-state index contributed by atoms with van der Waals surface area (Å²) in [6.07, 6.45) is 4.07. The first kappa shape index (κ1) is 22.0. The van der Waals surface area contributed by atoms with Crippen LogP contribution < -0.4 is 15.4 Å². The predicted molar refractivity (Wildman–Crippen MR) is 128 cm³/mol. The first-order chi connectivity index (χ1) is 16.5. The Morgan fingerprint density at radius 2 is 1.88 bits per heavy atom. The zero-order valence-corrected chi connectivity index (χ0v) is 18.8. The number of pyridine rings is 1. The van der Waals surface area contributed by atoms with E-state index in [4.69, 9.17) is 4.74 Å². The number of likely N-dealkylation sites (tertiary alicyclic amines) is 1. The number of anilines is 3. The van der Waals surface area contributed by atoms with Crippen molar-refractivity contribution in [2.45, 2.75) is 12.5 Å². The lowest BCUT2D eigenvalue weighted by Gasteiger charge is -2.18. The molecule has 174 valence electrons. The van der Waals surface area contributed by atoms with Crippen molar-refractivity contribution in [2.24, 2.45) is 0 Å². The lowest BCUT2D eigenvalue weighted by Crippen LogP contribution is -2.21. The van der Waals surface area contributed by atoms with E-state index in [1.807, 2.05) is 19.2 Å². The van der Waals surface area contributed by atoms with Crippen molar-refractivity contribution in [1.82, 2.24) is 19.9 Å². The maximum atomic E-state index is 14.2. The van der Waals surface area contributed by atoms with Gasteiger partial charge in [-0.1, -0.05) is 6.07 Å². The Morgan fingerprint density at radius 3 is 2.62 bits per heavy atom. The number of rotatable bonds is 6. The molecule has 2 aromatic heterocycles. The largest absolute Gasteiger partial charge is 0.487 e. The van der Waals surface area contributed by atoms with Gasteiger partial charge in [-0.2, -0.15) is 0 Å². The van der Waals surface area contributed by atoms with E-state index in [2.05, 4.69) is 37.5 Å². The van der Waals surface area contributed by atoms with Gasteiger partial charge in [0.05, 0.1) is 22.5 Å². The van der Waals surface area contributed by atoms with E-state index in [0.29, 0.717) is 17.0 Å². The third-order valence-electron chi connectivity index (χ3n) is 5.89. The molecule has 34 heavy (non-hydrogen) atoms. The van der Waals surface area contributed by atoms with Gasteiger partial charge in [-0.15, -0.1) is 0 Å². The van der Waals surface area contributed by atoms with Gasteiger partial charge in [0, 0.05) is 43.5 Å². The lowest BCUT2D eigenvalue weighted by molar-refractivity contribution is 0.209. The highest BCUT2D eigenvalue weighted by Crippen LogP contribution is 2.35. The van der Waals surface area contributed by atoms with Crippen LogP contribution in [0.1, 0.15) is 6.42 Å². The van der Waals surface area contributed by atoms with Gasteiger partial charge in [-0.05, 0) is 43.8 Å². The maximum absolute atomic E-state index is 14.2. The van der Waals surface area contributed by atoms with Crippen molar-refractivity contribution in [1.29, 1.82) is 0 Å². The molecular formula is C25H24F2N6O. The second-order valence-electron chi connectivity index (χ2n) is 8.28. The van der Waals surface area contributed by atoms with Crippen LogP contribution in [0.5, 0.6) is 5.75 Å². The Morgan fingerprint density at radius 1 is 1.06 bits per heavy atom. The summed E-state index contributed by atoms with van der Waals surface area (Å²) >= 11 is 0. The molecule has 4 aromatic rings. The van der Waals surface area contributed by atoms with E-state index in [1.54, 1.807) is 12.1 Å². The number of ether oxygens (including phenoxy) is 1. The fourth-order valence-corrected chi connectivity index (χ4v) is 4.17. The summed E-state index contributed by atoms with van der Waals surface area (Å²) < 4.78 is 34.8. The van der Waals surface area contributed by atoms with Crippen molar-refractivity contribution >= 4 is 28.1 Å². The smallest absolute Gasteiger partial charge is 0.145 e. The molecule has 0 aliphatic carbocycles. The highest BCUT2D eigenvalue weighted by atomic mass is 19.1. The molecule has 2 N–H and O–H groups in total. The molecule has 0 bridgehead atoms. The third kappa shape index (κ3) is 4.34. The number of hydrogen-bond acceptors (Lipinski definition) is 7. The number of halogens is 2. The van der Waals surface area contributed by atoms with Gasteiger partial charge in [-0.25, -0.2) is 18.7 Å². The van der Waals surface area contributed by atoms with Gasteiger partial charge in [0.2, 0.25) is 0 Å². The molecule has 1 aliphatic heterocycles. The molecule has 1 saturated heterocycles. The predicted octanol–water partition coefficient (Wildman–Crippen LogP) is 4.84. The summed E-state index contributed by atoms with van der Waals surface area (Å²) in [5.41, 5.74) is 2.15. The molecule has 0 radical (unpaired) electrons. The van der Waals surface area contributed by atoms with Crippen LogP contribution in [-0.2, 0) is 0 Å². The molecule has 1 aliphatic rings. The van der Waals surface area contributed by atoms with Crippen LogP contribution in [0.15, 0.2) is 55.0 Å². The monoisotopic (exact) mass is 462 g/mol. The Balaban J connectivity index is 1.48. The summed E-state index contributed by atoms with van der Waals surface area (Å²) in [5.74, 6) is -0.0467. The lowest BCUT2D eigenvalue weighted by atomic mass is 10.1. The Labute approximate surface area is 195 Å². The SMILES string of the molecule is CNc1cc2c(Nc3ccnc(-c4c(F)cccc4F)c3)ncnc2cc1OC1CCN(C)C1. The van der Waals surface area contributed by atoms with Crippen LogP contribution in [0.2, 0.25) is 0 Å². The van der Waals surface area contributed by atoms with Crippen molar-refractivity contribution in [2.75, 3.05) is 37.8 Å². The molecule has 1 unspecified atom stereocenters. The molecule has 1 atom stereocenters. The van der Waals surface area contributed by atoms with Crippen LogP contribution in [0.25, 0.3) is 22.2 Å². The van der Waals surface area contributed by atoms with Crippen molar-refractivity contribution < 1.29 is 13.5 Å². The van der Waals surface area contributed by atoms with E-state index in [1.165, 1.54) is 30.7 Å². The van der Waals surface area contributed by atoms with Crippen LogP contribution in [-0.4, -0.2) is 53.1 Å². The van der Waals surface area contributed by atoms with E-state index >= 15 is 0 Å².